The molecule has 0 heterocycles. The lowest BCUT2D eigenvalue weighted by Gasteiger charge is -1.84. The van der Waals surface area contributed by atoms with E-state index in [0.29, 0.717) is 0 Å². The molecule has 7 heavy (non-hydrogen) atoms. The number of thiol groups is 1. The third kappa shape index (κ3) is 6.02. The van der Waals surface area contributed by atoms with Gasteiger partial charge in [0.05, 0.1) is 0 Å². The van der Waals surface area contributed by atoms with Gasteiger partial charge in [-0.25, -0.2) is 0 Å². The van der Waals surface area contributed by atoms with Gasteiger partial charge in [0, 0.05) is 6.54 Å². The topological polar surface area (TPSA) is 12.4 Å². The van der Waals surface area contributed by atoms with Crippen molar-refractivity contribution in [3.63, 3.8) is 0 Å². The Kier molecular flexibility index (Phi) is 6.04. The summed E-state index contributed by atoms with van der Waals surface area (Å²) >= 11 is 4.02. The fourth-order valence-electron chi connectivity index (χ4n) is 0.291. The molecule has 0 saturated heterocycles. The van der Waals surface area contributed by atoms with Crippen molar-refractivity contribution in [3.8, 4) is 0 Å². The van der Waals surface area contributed by atoms with Crippen LogP contribution < -0.4 is 0 Å². The van der Waals surface area contributed by atoms with Gasteiger partial charge in [-0.15, -0.1) is 0 Å². The Hall–Kier alpha value is 0.0200. The van der Waals surface area contributed by atoms with Crippen LogP contribution in [0.4, 0.5) is 0 Å². The zero-order valence-corrected chi connectivity index (χ0v) is 5.49. The molecule has 0 aliphatic rings. The minimum absolute atomic E-state index is 0.931. The van der Waals surface area contributed by atoms with E-state index in [0.717, 1.165) is 18.7 Å². The molecule has 0 aliphatic heterocycles. The lowest BCUT2D eigenvalue weighted by molar-refractivity contribution is 0.950. The monoisotopic (exact) mass is 117 g/mol. The van der Waals surface area contributed by atoms with E-state index in [-0.39, 0.29) is 0 Å². The Balaban J connectivity index is 2.69. The van der Waals surface area contributed by atoms with Crippen LogP contribution in [0.2, 0.25) is 0 Å². The summed E-state index contributed by atoms with van der Waals surface area (Å²) in [7, 11) is 0. The fraction of sp³-hybridized carbons (Fsp3) is 0.800. The van der Waals surface area contributed by atoms with Gasteiger partial charge in [-0.1, -0.05) is 0 Å². The standard InChI is InChI=1S/C5H11NS/c1-2-6-4-3-5-7/h2,7H,3-5H2,1H3. The molecule has 0 aromatic carbocycles. The van der Waals surface area contributed by atoms with Crippen LogP contribution in [0.25, 0.3) is 0 Å². The Morgan fingerprint density at radius 2 is 2.43 bits per heavy atom. The normalized spacial score (nSPS) is 10.6. The minimum atomic E-state index is 0.931. The van der Waals surface area contributed by atoms with Gasteiger partial charge in [0.2, 0.25) is 0 Å². The average Bonchev–Trinajstić information content (AvgIpc) is 1.69. The molecular weight excluding hydrogens is 106 g/mol. The van der Waals surface area contributed by atoms with Gasteiger partial charge in [-0.3, -0.25) is 4.99 Å². The van der Waals surface area contributed by atoms with E-state index in [1.807, 2.05) is 13.1 Å². The zero-order valence-electron chi connectivity index (χ0n) is 4.59. The average molecular weight is 117 g/mol. The molecule has 0 amide bonds. The second-order valence-corrected chi connectivity index (χ2v) is 1.69. The van der Waals surface area contributed by atoms with Crippen LogP contribution in [0.5, 0.6) is 0 Å². The highest BCUT2D eigenvalue weighted by Crippen LogP contribution is 1.82. The van der Waals surface area contributed by atoms with Crippen molar-refractivity contribution < 1.29 is 0 Å². The molecule has 0 aromatic heterocycles. The fourth-order valence-corrected chi connectivity index (χ4v) is 0.433. The number of nitrogens with zero attached hydrogens (tertiary/aromatic N) is 1. The van der Waals surface area contributed by atoms with E-state index in [4.69, 9.17) is 0 Å². The summed E-state index contributed by atoms with van der Waals surface area (Å²) in [6.45, 7) is 2.86. The van der Waals surface area contributed by atoms with Gasteiger partial charge >= 0.3 is 0 Å². The summed E-state index contributed by atoms with van der Waals surface area (Å²) < 4.78 is 0. The minimum Gasteiger partial charge on any atom is -0.298 e. The van der Waals surface area contributed by atoms with E-state index >= 15 is 0 Å². The van der Waals surface area contributed by atoms with Crippen molar-refractivity contribution in [2.45, 2.75) is 13.3 Å². The van der Waals surface area contributed by atoms with Crippen molar-refractivity contribution in [2.75, 3.05) is 12.3 Å². The molecular formula is C5H11NS. The molecule has 1 nitrogen and oxygen atoms in total. The van der Waals surface area contributed by atoms with Gasteiger partial charge in [-0.2, -0.15) is 12.6 Å². The van der Waals surface area contributed by atoms with Crippen LogP contribution in [0.15, 0.2) is 4.99 Å². The van der Waals surface area contributed by atoms with E-state index in [1.54, 1.807) is 0 Å². The van der Waals surface area contributed by atoms with Crippen molar-refractivity contribution in [3.05, 3.63) is 0 Å². The Bertz CT molecular complexity index is 52.0. The molecule has 0 rings (SSSR count). The van der Waals surface area contributed by atoms with E-state index in [9.17, 15) is 0 Å². The SMILES string of the molecule is CC=NCCCS. The van der Waals surface area contributed by atoms with Crippen molar-refractivity contribution in [1.29, 1.82) is 0 Å². The largest absolute Gasteiger partial charge is 0.298 e. The maximum absolute atomic E-state index is 4.02. The first-order valence-corrected chi connectivity index (χ1v) is 3.10. The molecule has 0 aromatic rings. The van der Waals surface area contributed by atoms with E-state index in [2.05, 4.69) is 17.6 Å². The maximum atomic E-state index is 4.02. The van der Waals surface area contributed by atoms with Gasteiger partial charge in [0.15, 0.2) is 0 Å². The van der Waals surface area contributed by atoms with Gasteiger partial charge in [0.1, 0.15) is 0 Å². The first-order chi connectivity index (χ1) is 3.41. The molecule has 0 aliphatic carbocycles. The Labute approximate surface area is 50.2 Å². The van der Waals surface area contributed by atoms with Gasteiger partial charge < -0.3 is 0 Å². The molecule has 0 bridgehead atoms. The Morgan fingerprint density at radius 1 is 1.71 bits per heavy atom. The summed E-state index contributed by atoms with van der Waals surface area (Å²) in [4.78, 5) is 3.99. The highest BCUT2D eigenvalue weighted by molar-refractivity contribution is 7.80. The number of hydrogen-bond donors (Lipinski definition) is 1. The lowest BCUT2D eigenvalue weighted by Crippen LogP contribution is -1.79. The summed E-state index contributed by atoms with van der Waals surface area (Å²) in [5.41, 5.74) is 0. The van der Waals surface area contributed by atoms with Crippen molar-refractivity contribution in [2.24, 2.45) is 4.99 Å². The first-order valence-electron chi connectivity index (χ1n) is 2.47. The van der Waals surface area contributed by atoms with Crippen LogP contribution in [0.1, 0.15) is 13.3 Å². The molecule has 0 N–H and O–H groups in total. The molecule has 0 fully saturated rings. The van der Waals surface area contributed by atoms with Crippen LogP contribution in [-0.4, -0.2) is 18.5 Å². The molecule has 0 spiro atoms. The quantitative estimate of drug-likeness (QED) is 0.326. The highest BCUT2D eigenvalue weighted by Gasteiger charge is 1.74. The predicted octanol–water partition coefficient (Wildman–Crippen LogP) is 1.40. The van der Waals surface area contributed by atoms with Gasteiger partial charge in [-0.05, 0) is 25.3 Å². The highest BCUT2D eigenvalue weighted by atomic mass is 32.1. The van der Waals surface area contributed by atoms with Crippen molar-refractivity contribution >= 4 is 18.8 Å². The van der Waals surface area contributed by atoms with Gasteiger partial charge in [0.25, 0.3) is 0 Å². The third-order valence-corrected chi connectivity index (χ3v) is 0.944. The molecule has 0 unspecified atom stereocenters. The summed E-state index contributed by atoms with van der Waals surface area (Å²) in [6.07, 6.45) is 2.91. The van der Waals surface area contributed by atoms with E-state index in [1.165, 1.54) is 0 Å². The van der Waals surface area contributed by atoms with E-state index < -0.39 is 0 Å². The lowest BCUT2D eigenvalue weighted by atomic mass is 10.5. The van der Waals surface area contributed by atoms with Crippen LogP contribution in [-0.2, 0) is 0 Å². The first kappa shape index (κ1) is 7.02. The second-order valence-electron chi connectivity index (χ2n) is 1.24. The maximum Gasteiger partial charge on any atom is 0.0393 e. The molecule has 0 radical (unpaired) electrons. The summed E-state index contributed by atoms with van der Waals surface area (Å²) in [5.74, 6) is 0.942. The number of rotatable bonds is 3. The smallest absolute Gasteiger partial charge is 0.0393 e. The van der Waals surface area contributed by atoms with Crippen LogP contribution in [0.3, 0.4) is 0 Å². The Morgan fingerprint density at radius 3 is 2.86 bits per heavy atom. The third-order valence-electron chi connectivity index (χ3n) is 0.628. The van der Waals surface area contributed by atoms with Crippen LogP contribution >= 0.6 is 12.6 Å². The number of hydrogen-bond acceptors (Lipinski definition) is 2. The predicted molar refractivity (Wildman–Crippen MR) is 37.5 cm³/mol. The summed E-state index contributed by atoms with van der Waals surface area (Å²) in [5, 5.41) is 0. The van der Waals surface area contributed by atoms with Crippen molar-refractivity contribution in [1.82, 2.24) is 0 Å². The zero-order chi connectivity index (χ0) is 5.54. The summed E-state index contributed by atoms with van der Waals surface area (Å²) in [6, 6.07) is 0. The number of aliphatic imine (C=N–C) groups is 1. The second kappa shape index (κ2) is 6.02. The van der Waals surface area contributed by atoms with Crippen LogP contribution in [0, 0.1) is 0 Å². The molecule has 0 atom stereocenters. The molecule has 2 heteroatoms. The molecule has 0 saturated carbocycles. The molecule has 42 valence electrons.